The van der Waals surface area contributed by atoms with Gasteiger partial charge in [-0.3, -0.25) is 4.79 Å². The van der Waals surface area contributed by atoms with Crippen LogP contribution in [0.5, 0.6) is 0 Å². The number of ether oxygens (including phenoxy) is 1. The molecule has 114 valence electrons. The summed E-state index contributed by atoms with van der Waals surface area (Å²) in [5.41, 5.74) is 1.11. The van der Waals surface area contributed by atoms with Crippen molar-refractivity contribution in [1.29, 1.82) is 0 Å². The molecule has 2 aliphatic rings. The maximum atomic E-state index is 12.1. The number of nitrogens with zero attached hydrogens (tertiary/aromatic N) is 2. The summed E-state index contributed by atoms with van der Waals surface area (Å²) in [4.78, 5) is 18.8. The number of nitrogens with one attached hydrogen (secondary N) is 2. The van der Waals surface area contributed by atoms with E-state index in [1.54, 1.807) is 0 Å². The molecule has 1 aromatic rings. The minimum Gasteiger partial charge on any atom is -0.381 e. The smallest absolute Gasteiger partial charge is 0.230 e. The fraction of sp³-hybridized carbons (Fsp3) is 0.600. The monoisotopic (exact) mass is 290 g/mol. The number of pyridine rings is 1. The van der Waals surface area contributed by atoms with Crippen LogP contribution in [0.2, 0.25) is 0 Å². The number of carbonyl (C=O) groups excluding carboxylic acids is 1. The Morgan fingerprint density at radius 3 is 2.90 bits per heavy atom. The summed E-state index contributed by atoms with van der Waals surface area (Å²) in [7, 11) is 0. The fourth-order valence-electron chi connectivity index (χ4n) is 2.75. The number of hydrogen-bond acceptors (Lipinski definition) is 5. The molecule has 0 spiro atoms. The topological polar surface area (TPSA) is 66.5 Å². The van der Waals surface area contributed by atoms with E-state index in [4.69, 9.17) is 4.74 Å². The van der Waals surface area contributed by atoms with Gasteiger partial charge in [-0.25, -0.2) is 4.98 Å². The first-order chi connectivity index (χ1) is 10.3. The van der Waals surface area contributed by atoms with Crippen LogP contribution in [0.3, 0.4) is 0 Å². The van der Waals surface area contributed by atoms with Gasteiger partial charge < -0.3 is 20.3 Å². The van der Waals surface area contributed by atoms with Gasteiger partial charge in [-0.1, -0.05) is 0 Å². The lowest BCUT2D eigenvalue weighted by molar-refractivity contribution is -0.123. The fourth-order valence-corrected chi connectivity index (χ4v) is 2.75. The van der Waals surface area contributed by atoms with Gasteiger partial charge in [0.05, 0.1) is 24.4 Å². The number of anilines is 2. The molecule has 3 heterocycles. The Morgan fingerprint density at radius 1 is 1.38 bits per heavy atom. The lowest BCUT2D eigenvalue weighted by Gasteiger charge is -2.29. The Bertz CT molecular complexity index is 465. The predicted octanol–water partition coefficient (Wildman–Crippen LogP) is 0.856. The van der Waals surface area contributed by atoms with Gasteiger partial charge in [0.1, 0.15) is 5.82 Å². The van der Waals surface area contributed by atoms with Gasteiger partial charge in [-0.15, -0.1) is 0 Å². The van der Waals surface area contributed by atoms with E-state index in [0.717, 1.165) is 51.3 Å². The number of piperazine rings is 1. The Morgan fingerprint density at radius 2 is 2.24 bits per heavy atom. The first-order valence-electron chi connectivity index (χ1n) is 7.63. The number of hydrogen-bond donors (Lipinski definition) is 2. The highest BCUT2D eigenvalue weighted by Crippen LogP contribution is 2.18. The van der Waals surface area contributed by atoms with Gasteiger partial charge in [-0.2, -0.15) is 0 Å². The lowest BCUT2D eigenvalue weighted by atomic mass is 10.0. The van der Waals surface area contributed by atoms with Crippen LogP contribution in [-0.2, 0) is 9.53 Å². The Labute approximate surface area is 124 Å². The van der Waals surface area contributed by atoms with Crippen LogP contribution < -0.4 is 15.5 Å². The zero-order valence-corrected chi connectivity index (χ0v) is 12.2. The second-order valence-corrected chi connectivity index (χ2v) is 5.54. The maximum absolute atomic E-state index is 12.1. The molecule has 2 fully saturated rings. The predicted molar refractivity (Wildman–Crippen MR) is 81.5 cm³/mol. The van der Waals surface area contributed by atoms with Gasteiger partial charge in [0, 0.05) is 32.8 Å². The summed E-state index contributed by atoms with van der Waals surface area (Å²) in [6.07, 6.45) is 3.68. The van der Waals surface area contributed by atoms with Crippen LogP contribution in [0, 0.1) is 5.92 Å². The van der Waals surface area contributed by atoms with Gasteiger partial charge in [0.15, 0.2) is 0 Å². The van der Waals surface area contributed by atoms with E-state index in [0.29, 0.717) is 12.4 Å². The van der Waals surface area contributed by atoms with Crippen molar-refractivity contribution in [3.63, 3.8) is 0 Å². The van der Waals surface area contributed by atoms with Gasteiger partial charge in [0.25, 0.3) is 0 Å². The Hall–Kier alpha value is -1.66. The van der Waals surface area contributed by atoms with Gasteiger partial charge in [-0.05, 0) is 25.0 Å². The molecule has 1 aromatic heterocycles. The third kappa shape index (κ3) is 3.71. The van der Waals surface area contributed by atoms with Crippen LogP contribution in [0.15, 0.2) is 18.3 Å². The van der Waals surface area contributed by atoms with Gasteiger partial charge >= 0.3 is 0 Å². The Kier molecular flexibility index (Phi) is 4.67. The molecule has 0 aliphatic carbocycles. The van der Waals surface area contributed by atoms with E-state index in [9.17, 15) is 4.79 Å². The minimum absolute atomic E-state index is 0.0112. The molecule has 21 heavy (non-hydrogen) atoms. The Balaban J connectivity index is 1.57. The van der Waals surface area contributed by atoms with Crippen molar-refractivity contribution in [2.75, 3.05) is 49.6 Å². The van der Waals surface area contributed by atoms with Crippen LogP contribution in [0.4, 0.5) is 11.5 Å². The van der Waals surface area contributed by atoms with Crippen molar-refractivity contribution in [3.8, 4) is 0 Å². The number of rotatable bonds is 3. The molecular weight excluding hydrogens is 268 g/mol. The average Bonchev–Trinajstić information content (AvgIpc) is 2.57. The second-order valence-electron chi connectivity index (χ2n) is 5.54. The molecule has 1 atom stereocenters. The lowest BCUT2D eigenvalue weighted by Crippen LogP contribution is -2.43. The van der Waals surface area contributed by atoms with Crippen LogP contribution in [0.1, 0.15) is 12.8 Å². The summed E-state index contributed by atoms with van der Waals surface area (Å²) in [5, 5.41) is 6.21. The number of amides is 1. The molecule has 1 amide bonds. The van der Waals surface area contributed by atoms with Crippen molar-refractivity contribution in [3.05, 3.63) is 18.3 Å². The summed E-state index contributed by atoms with van der Waals surface area (Å²) in [5.74, 6) is 0.579. The van der Waals surface area contributed by atoms with Crippen LogP contribution >= 0.6 is 0 Å². The summed E-state index contributed by atoms with van der Waals surface area (Å²) in [6.45, 7) is 5.27. The van der Waals surface area contributed by atoms with Gasteiger partial charge in [0.2, 0.25) is 5.91 Å². The SMILES string of the molecule is O=C(Nc1ccc(N2CCNCC2)cn1)C1CCCOC1. The molecule has 6 heteroatoms. The highest BCUT2D eigenvalue weighted by atomic mass is 16.5. The van der Waals surface area contributed by atoms with Crippen LogP contribution in [0.25, 0.3) is 0 Å². The van der Waals surface area contributed by atoms with Crippen molar-refractivity contribution >= 4 is 17.4 Å². The zero-order chi connectivity index (χ0) is 14.5. The minimum atomic E-state index is -0.0478. The molecule has 2 aliphatic heterocycles. The van der Waals surface area contributed by atoms with Crippen molar-refractivity contribution in [2.45, 2.75) is 12.8 Å². The van der Waals surface area contributed by atoms with E-state index < -0.39 is 0 Å². The second kappa shape index (κ2) is 6.87. The molecule has 6 nitrogen and oxygen atoms in total. The van der Waals surface area contributed by atoms with E-state index in [2.05, 4.69) is 20.5 Å². The molecule has 3 rings (SSSR count). The van der Waals surface area contributed by atoms with E-state index in [1.165, 1.54) is 0 Å². The molecule has 0 radical (unpaired) electrons. The zero-order valence-electron chi connectivity index (χ0n) is 12.2. The molecular formula is C15H22N4O2. The summed E-state index contributed by atoms with van der Waals surface area (Å²) >= 11 is 0. The molecule has 2 N–H and O–H groups in total. The molecule has 2 saturated heterocycles. The first-order valence-corrected chi connectivity index (χ1v) is 7.63. The van der Waals surface area contributed by atoms with Crippen molar-refractivity contribution in [1.82, 2.24) is 10.3 Å². The first kappa shape index (κ1) is 14.3. The third-order valence-corrected chi connectivity index (χ3v) is 4.01. The quantitative estimate of drug-likeness (QED) is 0.864. The highest BCUT2D eigenvalue weighted by molar-refractivity contribution is 5.91. The number of carbonyl (C=O) groups is 1. The maximum Gasteiger partial charge on any atom is 0.230 e. The largest absolute Gasteiger partial charge is 0.381 e. The van der Waals surface area contributed by atoms with E-state index in [1.807, 2.05) is 18.3 Å². The summed E-state index contributed by atoms with van der Waals surface area (Å²) in [6, 6.07) is 3.89. The standard InChI is InChI=1S/C15H22N4O2/c20-15(12-2-1-9-21-11-12)18-14-4-3-13(10-17-14)19-7-5-16-6-8-19/h3-4,10,12,16H,1-2,5-9,11H2,(H,17,18,20). The van der Waals surface area contributed by atoms with Crippen molar-refractivity contribution < 1.29 is 9.53 Å². The third-order valence-electron chi connectivity index (χ3n) is 4.01. The molecule has 0 saturated carbocycles. The summed E-state index contributed by atoms with van der Waals surface area (Å²) < 4.78 is 5.35. The van der Waals surface area contributed by atoms with E-state index >= 15 is 0 Å². The van der Waals surface area contributed by atoms with Crippen molar-refractivity contribution in [2.24, 2.45) is 5.92 Å². The van der Waals surface area contributed by atoms with Crippen LogP contribution in [-0.4, -0.2) is 50.3 Å². The molecule has 0 bridgehead atoms. The molecule has 1 unspecified atom stereocenters. The van der Waals surface area contributed by atoms with E-state index in [-0.39, 0.29) is 11.8 Å². The highest BCUT2D eigenvalue weighted by Gasteiger charge is 2.22. The normalized spacial score (nSPS) is 22.9. The average molecular weight is 290 g/mol. The molecule has 0 aromatic carbocycles. The number of aromatic nitrogens is 1.